The number of ketones is 1. The standard InChI is InChI=1S/C28H37N3O4/c1-28(2,3)35-27(34)31-15-13-20(14-16-31)11-8-12-25(32)22-18-23(17-21-9-6-5-7-10-21)30-24(19-22)26(33)29-4/h5-7,9-10,18-20H,8,11-17H2,1-4H3,(H,29,33). The van der Waals surface area contributed by atoms with Gasteiger partial charge >= 0.3 is 6.09 Å². The van der Waals surface area contributed by atoms with Crippen LogP contribution in [0.3, 0.4) is 0 Å². The molecule has 2 aromatic rings. The maximum Gasteiger partial charge on any atom is 0.410 e. The third-order valence-corrected chi connectivity index (χ3v) is 6.17. The van der Waals surface area contributed by atoms with Gasteiger partial charge < -0.3 is 15.0 Å². The fourth-order valence-electron chi connectivity index (χ4n) is 4.31. The number of nitrogens with zero attached hydrogens (tertiary/aromatic N) is 2. The van der Waals surface area contributed by atoms with E-state index in [1.165, 1.54) is 0 Å². The zero-order chi connectivity index (χ0) is 25.4. The normalized spacial score (nSPS) is 14.5. The summed E-state index contributed by atoms with van der Waals surface area (Å²) in [5.74, 6) is 0.220. The van der Waals surface area contributed by atoms with Crippen LogP contribution in [0, 0.1) is 5.92 Å². The highest BCUT2D eigenvalue weighted by Crippen LogP contribution is 2.25. The molecule has 1 aliphatic heterocycles. The summed E-state index contributed by atoms with van der Waals surface area (Å²) in [6.07, 6.45) is 4.30. The van der Waals surface area contributed by atoms with E-state index >= 15 is 0 Å². The summed E-state index contributed by atoms with van der Waals surface area (Å²) < 4.78 is 5.46. The molecule has 1 saturated heterocycles. The predicted octanol–water partition coefficient (Wildman–Crippen LogP) is 5.03. The number of ether oxygens (including phenoxy) is 1. The van der Waals surface area contributed by atoms with Gasteiger partial charge in [0.05, 0.1) is 0 Å². The Hall–Kier alpha value is -3.22. The van der Waals surface area contributed by atoms with Gasteiger partial charge in [-0.2, -0.15) is 0 Å². The molecule has 2 amide bonds. The summed E-state index contributed by atoms with van der Waals surface area (Å²) in [7, 11) is 1.56. The van der Waals surface area contributed by atoms with Crippen molar-refractivity contribution in [2.45, 2.75) is 64.9 Å². The molecule has 0 unspecified atom stereocenters. The highest BCUT2D eigenvalue weighted by Gasteiger charge is 2.26. The lowest BCUT2D eigenvalue weighted by atomic mass is 9.90. The molecule has 0 atom stereocenters. The van der Waals surface area contributed by atoms with Crippen molar-refractivity contribution in [2.24, 2.45) is 5.92 Å². The summed E-state index contributed by atoms with van der Waals surface area (Å²) >= 11 is 0. The second-order valence-electron chi connectivity index (χ2n) is 10.2. The number of hydrogen-bond acceptors (Lipinski definition) is 5. The molecule has 0 saturated carbocycles. The van der Waals surface area contributed by atoms with Crippen molar-refractivity contribution in [3.05, 3.63) is 65.0 Å². The van der Waals surface area contributed by atoms with E-state index in [1.807, 2.05) is 51.1 Å². The number of rotatable bonds is 8. The zero-order valence-electron chi connectivity index (χ0n) is 21.3. The maximum atomic E-state index is 13.0. The second-order valence-corrected chi connectivity index (χ2v) is 10.2. The molecule has 0 spiro atoms. The molecule has 0 radical (unpaired) electrons. The first kappa shape index (κ1) is 26.4. The van der Waals surface area contributed by atoms with Crippen LogP contribution in [0.2, 0.25) is 0 Å². The molecule has 0 bridgehead atoms. The number of Topliss-reactive ketones (excluding diaryl/α,β-unsaturated/α-hetero) is 1. The number of pyridine rings is 1. The molecular weight excluding hydrogens is 442 g/mol. The topological polar surface area (TPSA) is 88.6 Å². The number of carbonyl (C=O) groups excluding carboxylic acids is 3. The quantitative estimate of drug-likeness (QED) is 0.536. The summed E-state index contributed by atoms with van der Waals surface area (Å²) in [6, 6.07) is 13.3. The lowest BCUT2D eigenvalue weighted by Crippen LogP contribution is -2.41. The van der Waals surface area contributed by atoms with E-state index in [9.17, 15) is 14.4 Å². The third kappa shape index (κ3) is 8.19. The molecule has 35 heavy (non-hydrogen) atoms. The number of benzene rings is 1. The smallest absolute Gasteiger partial charge is 0.410 e. The Morgan fingerprint density at radius 2 is 1.77 bits per heavy atom. The number of carbonyl (C=O) groups is 3. The van der Waals surface area contributed by atoms with Crippen molar-refractivity contribution in [1.82, 2.24) is 15.2 Å². The van der Waals surface area contributed by atoms with E-state index in [2.05, 4.69) is 10.3 Å². The van der Waals surface area contributed by atoms with E-state index < -0.39 is 5.60 Å². The van der Waals surface area contributed by atoms with Gasteiger partial charge in [0.25, 0.3) is 5.91 Å². The summed E-state index contributed by atoms with van der Waals surface area (Å²) in [5, 5.41) is 2.60. The molecule has 0 aliphatic carbocycles. The van der Waals surface area contributed by atoms with Crippen molar-refractivity contribution in [2.75, 3.05) is 20.1 Å². The minimum absolute atomic E-state index is 0.0260. The Morgan fingerprint density at radius 1 is 1.09 bits per heavy atom. The summed E-state index contributed by atoms with van der Waals surface area (Å²) in [4.78, 5) is 43.7. The van der Waals surface area contributed by atoms with Crippen molar-refractivity contribution < 1.29 is 19.1 Å². The van der Waals surface area contributed by atoms with Gasteiger partial charge in [0, 0.05) is 44.2 Å². The summed E-state index contributed by atoms with van der Waals surface area (Å²) in [6.45, 7) is 7.01. The first-order chi connectivity index (χ1) is 16.6. The van der Waals surface area contributed by atoms with Crippen molar-refractivity contribution in [3.8, 4) is 0 Å². The lowest BCUT2D eigenvalue weighted by molar-refractivity contribution is 0.0180. The fraction of sp³-hybridized carbons (Fsp3) is 0.500. The molecule has 1 aromatic heterocycles. The molecule has 1 aromatic carbocycles. The van der Waals surface area contributed by atoms with E-state index in [1.54, 1.807) is 24.1 Å². The van der Waals surface area contributed by atoms with Gasteiger partial charge in [0.2, 0.25) is 0 Å². The second kappa shape index (κ2) is 12.0. The fourth-order valence-corrected chi connectivity index (χ4v) is 4.31. The molecule has 2 heterocycles. The van der Waals surface area contributed by atoms with Crippen LogP contribution in [0.15, 0.2) is 42.5 Å². The van der Waals surface area contributed by atoms with Crippen LogP contribution >= 0.6 is 0 Å². The van der Waals surface area contributed by atoms with Gasteiger partial charge in [-0.25, -0.2) is 9.78 Å². The van der Waals surface area contributed by atoms with Crippen LogP contribution < -0.4 is 5.32 Å². The Bertz CT molecular complexity index is 1020. The van der Waals surface area contributed by atoms with Gasteiger partial charge in [-0.05, 0) is 70.1 Å². The Balaban J connectivity index is 1.54. The van der Waals surface area contributed by atoms with Crippen molar-refractivity contribution in [3.63, 3.8) is 0 Å². The SMILES string of the molecule is CNC(=O)c1cc(C(=O)CCCC2CCN(C(=O)OC(C)(C)C)CC2)cc(Cc2ccccc2)n1. The predicted molar refractivity (Wildman–Crippen MR) is 136 cm³/mol. The molecular formula is C28H37N3O4. The van der Waals surface area contributed by atoms with E-state index in [4.69, 9.17) is 4.74 Å². The first-order valence-corrected chi connectivity index (χ1v) is 12.4. The van der Waals surface area contributed by atoms with Crippen LogP contribution in [0.4, 0.5) is 4.79 Å². The lowest BCUT2D eigenvalue weighted by Gasteiger charge is -2.33. The van der Waals surface area contributed by atoms with Gasteiger partial charge in [-0.3, -0.25) is 9.59 Å². The number of amides is 2. The highest BCUT2D eigenvalue weighted by atomic mass is 16.6. The number of nitrogens with one attached hydrogen (secondary N) is 1. The molecule has 1 fully saturated rings. The number of piperidine rings is 1. The Kier molecular flexibility index (Phi) is 9.01. The summed E-state index contributed by atoms with van der Waals surface area (Å²) in [5.41, 5.74) is 2.09. The van der Waals surface area contributed by atoms with E-state index in [-0.39, 0.29) is 23.5 Å². The highest BCUT2D eigenvalue weighted by molar-refractivity contribution is 5.99. The molecule has 188 valence electrons. The molecule has 1 N–H and O–H groups in total. The minimum atomic E-state index is -0.486. The van der Waals surface area contributed by atoms with Gasteiger partial charge in [-0.15, -0.1) is 0 Å². The van der Waals surface area contributed by atoms with Crippen LogP contribution in [0.5, 0.6) is 0 Å². The van der Waals surface area contributed by atoms with Gasteiger partial charge in [-0.1, -0.05) is 30.3 Å². The third-order valence-electron chi connectivity index (χ3n) is 6.17. The number of likely N-dealkylation sites (tertiary alicyclic amines) is 1. The molecule has 3 rings (SSSR count). The van der Waals surface area contributed by atoms with E-state index in [0.717, 1.165) is 31.2 Å². The minimum Gasteiger partial charge on any atom is -0.444 e. The molecule has 7 nitrogen and oxygen atoms in total. The van der Waals surface area contributed by atoms with Crippen LogP contribution in [0.25, 0.3) is 0 Å². The molecule has 7 heteroatoms. The van der Waals surface area contributed by atoms with Crippen molar-refractivity contribution in [1.29, 1.82) is 0 Å². The average molecular weight is 480 g/mol. The van der Waals surface area contributed by atoms with Crippen LogP contribution in [0.1, 0.15) is 85.0 Å². The van der Waals surface area contributed by atoms with Crippen LogP contribution in [-0.2, 0) is 11.2 Å². The Morgan fingerprint density at radius 3 is 2.40 bits per heavy atom. The van der Waals surface area contributed by atoms with Crippen LogP contribution in [-0.4, -0.2) is 53.4 Å². The Labute approximate surface area is 208 Å². The monoisotopic (exact) mass is 479 g/mol. The average Bonchev–Trinajstić information content (AvgIpc) is 2.83. The van der Waals surface area contributed by atoms with Gasteiger partial charge in [0.15, 0.2) is 5.78 Å². The maximum absolute atomic E-state index is 13.0. The first-order valence-electron chi connectivity index (χ1n) is 12.4. The zero-order valence-corrected chi connectivity index (χ0v) is 21.3. The number of hydrogen-bond donors (Lipinski definition) is 1. The largest absolute Gasteiger partial charge is 0.444 e. The number of aromatic nitrogens is 1. The molecule has 1 aliphatic rings. The van der Waals surface area contributed by atoms with E-state index in [0.29, 0.717) is 43.1 Å². The van der Waals surface area contributed by atoms with Gasteiger partial charge in [0.1, 0.15) is 11.3 Å². The van der Waals surface area contributed by atoms with Crippen molar-refractivity contribution >= 4 is 17.8 Å².